The minimum Gasteiger partial charge on any atom is -0.491 e. The van der Waals surface area contributed by atoms with Gasteiger partial charge >= 0.3 is 6.03 Å². The molecule has 2 heterocycles. The van der Waals surface area contributed by atoms with Gasteiger partial charge in [0.05, 0.1) is 12.8 Å². The van der Waals surface area contributed by atoms with Crippen LogP contribution in [-0.2, 0) is 4.84 Å². The van der Waals surface area contributed by atoms with Gasteiger partial charge in [-0.25, -0.2) is 9.18 Å². The number of benzene rings is 1. The Morgan fingerprint density at radius 2 is 2.00 bits per heavy atom. The van der Waals surface area contributed by atoms with Gasteiger partial charge in [-0.2, -0.15) is 0 Å². The van der Waals surface area contributed by atoms with Crippen molar-refractivity contribution < 1.29 is 18.8 Å². The normalized spacial score (nSPS) is 14.0. The third-order valence-electron chi connectivity index (χ3n) is 4.76. The molecule has 0 spiro atoms. The summed E-state index contributed by atoms with van der Waals surface area (Å²) in [7, 11) is 0. The second-order valence-electron chi connectivity index (χ2n) is 6.88. The molecule has 0 radical (unpaired) electrons. The van der Waals surface area contributed by atoms with Crippen LogP contribution in [-0.4, -0.2) is 55.0 Å². The molecule has 0 N–H and O–H groups in total. The van der Waals surface area contributed by atoms with Crippen molar-refractivity contribution >= 4 is 17.9 Å². The molecule has 1 aromatic heterocycles. The number of halogens is 1. The van der Waals surface area contributed by atoms with Crippen LogP contribution in [0, 0.1) is 5.82 Å². The molecule has 0 bridgehead atoms. The highest BCUT2D eigenvalue weighted by Gasteiger charge is 2.28. The Balaban J connectivity index is 1.34. The van der Waals surface area contributed by atoms with Crippen LogP contribution in [0.1, 0.15) is 31.7 Å². The van der Waals surface area contributed by atoms with Gasteiger partial charge in [0.15, 0.2) is 11.6 Å². The van der Waals surface area contributed by atoms with E-state index in [1.165, 1.54) is 12.3 Å². The molecule has 2 aromatic rings. The van der Waals surface area contributed by atoms with Crippen molar-refractivity contribution in [3.05, 3.63) is 54.1 Å². The molecule has 2 amide bonds. The largest absolute Gasteiger partial charge is 0.491 e. The molecule has 0 saturated carbocycles. The number of ether oxygens (including phenoxy) is 1. The zero-order valence-corrected chi connectivity index (χ0v) is 17.2. The Morgan fingerprint density at radius 1 is 1.17 bits per heavy atom. The number of urea groups is 1. The molecule has 0 unspecified atom stereocenters. The number of pyridine rings is 1. The number of rotatable bonds is 11. The number of nitrogens with zero attached hydrogens (tertiary/aromatic N) is 4. The van der Waals surface area contributed by atoms with Gasteiger partial charge in [-0.3, -0.25) is 9.88 Å². The average Bonchev–Trinajstić information content (AvgIpc) is 3.13. The Morgan fingerprint density at radius 3 is 2.77 bits per heavy atom. The number of oxime groups is 1. The van der Waals surface area contributed by atoms with Crippen molar-refractivity contribution in [1.82, 2.24) is 9.88 Å². The lowest BCUT2D eigenvalue weighted by molar-refractivity contribution is 0.160. The lowest BCUT2D eigenvalue weighted by Crippen LogP contribution is -2.32. The first-order chi connectivity index (χ1) is 14.7. The summed E-state index contributed by atoms with van der Waals surface area (Å²) in [5.41, 5.74) is 1.49. The summed E-state index contributed by atoms with van der Waals surface area (Å²) in [5, 5.41) is 3.72. The molecular weight excluding hydrogens is 387 g/mol. The lowest BCUT2D eigenvalue weighted by Gasteiger charge is -2.18. The van der Waals surface area contributed by atoms with E-state index in [2.05, 4.69) is 10.1 Å². The molecule has 3 rings (SSSR count). The van der Waals surface area contributed by atoms with Crippen LogP contribution in [0.3, 0.4) is 0 Å². The Hall–Kier alpha value is -3.16. The summed E-state index contributed by atoms with van der Waals surface area (Å²) in [5.74, 6) is -0.194. The molecule has 1 aromatic carbocycles. The van der Waals surface area contributed by atoms with Crippen molar-refractivity contribution in [3.63, 3.8) is 0 Å². The maximum Gasteiger partial charge on any atom is 0.324 e. The maximum absolute atomic E-state index is 14.1. The minimum atomic E-state index is -0.422. The van der Waals surface area contributed by atoms with E-state index >= 15 is 0 Å². The van der Waals surface area contributed by atoms with Gasteiger partial charge in [0.1, 0.15) is 6.61 Å². The van der Waals surface area contributed by atoms with Gasteiger partial charge in [-0.15, -0.1) is 0 Å². The second-order valence-corrected chi connectivity index (χ2v) is 6.88. The first-order valence-corrected chi connectivity index (χ1v) is 10.2. The summed E-state index contributed by atoms with van der Waals surface area (Å²) in [6, 6.07) is 8.42. The molecule has 0 atom stereocenters. The van der Waals surface area contributed by atoms with Crippen LogP contribution in [0.2, 0.25) is 0 Å². The third kappa shape index (κ3) is 5.92. The number of amides is 2. The van der Waals surface area contributed by atoms with Crippen LogP contribution in [0.5, 0.6) is 5.75 Å². The summed E-state index contributed by atoms with van der Waals surface area (Å²) in [6.07, 6.45) is 7.43. The summed E-state index contributed by atoms with van der Waals surface area (Å²) < 4.78 is 19.6. The fraction of sp³-hybridized carbons (Fsp3) is 0.409. The fourth-order valence-corrected chi connectivity index (χ4v) is 3.20. The van der Waals surface area contributed by atoms with Crippen molar-refractivity contribution in [1.29, 1.82) is 0 Å². The fourth-order valence-electron chi connectivity index (χ4n) is 3.20. The quantitative estimate of drug-likeness (QED) is 0.316. The molecule has 1 aliphatic heterocycles. The second kappa shape index (κ2) is 11.1. The minimum absolute atomic E-state index is 0.0347. The summed E-state index contributed by atoms with van der Waals surface area (Å²) in [6.45, 7) is 4.85. The predicted molar refractivity (Wildman–Crippen MR) is 114 cm³/mol. The third-order valence-corrected chi connectivity index (χ3v) is 4.76. The molecular formula is C22H27FN4O3. The van der Waals surface area contributed by atoms with E-state index in [9.17, 15) is 9.18 Å². The highest BCUT2D eigenvalue weighted by atomic mass is 19.1. The molecule has 7 nitrogen and oxygen atoms in total. The molecule has 1 aliphatic rings. The molecule has 160 valence electrons. The number of aromatic nitrogens is 1. The molecule has 30 heavy (non-hydrogen) atoms. The average molecular weight is 414 g/mol. The van der Waals surface area contributed by atoms with Gasteiger partial charge in [-0.05, 0) is 62.1 Å². The van der Waals surface area contributed by atoms with Gasteiger partial charge in [0.25, 0.3) is 0 Å². The molecule has 0 aliphatic carbocycles. The number of hydrogen-bond donors (Lipinski definition) is 0. The van der Waals surface area contributed by atoms with Crippen LogP contribution in [0.15, 0.2) is 47.9 Å². The molecule has 1 saturated heterocycles. The van der Waals surface area contributed by atoms with Crippen LogP contribution in [0.4, 0.5) is 14.9 Å². The Bertz CT molecular complexity index is 848. The van der Waals surface area contributed by atoms with Gasteiger partial charge in [0.2, 0.25) is 0 Å². The summed E-state index contributed by atoms with van der Waals surface area (Å²) >= 11 is 0. The maximum atomic E-state index is 14.1. The standard InChI is InChI=1S/C22H27FN4O3/c1-2-30-25-17-18-6-7-21(20(23)16-18)29-15-5-3-4-12-26-13-14-27(22(26)28)19-8-10-24-11-9-19/h6-11,16-17H,2-5,12-15H2,1H3. The van der Waals surface area contributed by atoms with E-state index in [4.69, 9.17) is 9.57 Å². The van der Waals surface area contributed by atoms with Crippen molar-refractivity contribution in [2.75, 3.05) is 37.7 Å². The first-order valence-electron chi connectivity index (χ1n) is 10.2. The molecule has 8 heteroatoms. The van der Waals surface area contributed by atoms with Crippen molar-refractivity contribution in [2.45, 2.75) is 26.2 Å². The van der Waals surface area contributed by atoms with Crippen molar-refractivity contribution in [3.8, 4) is 5.75 Å². The van der Waals surface area contributed by atoms with E-state index in [1.807, 2.05) is 24.0 Å². The topological polar surface area (TPSA) is 67.3 Å². The predicted octanol–water partition coefficient (Wildman–Crippen LogP) is 4.08. The number of hydrogen-bond acceptors (Lipinski definition) is 5. The van der Waals surface area contributed by atoms with Gasteiger partial charge in [0, 0.05) is 37.7 Å². The van der Waals surface area contributed by atoms with E-state index in [0.717, 1.165) is 31.5 Å². The summed E-state index contributed by atoms with van der Waals surface area (Å²) in [4.78, 5) is 25.0. The highest BCUT2D eigenvalue weighted by Crippen LogP contribution is 2.20. The van der Waals surface area contributed by atoms with Gasteiger partial charge < -0.3 is 14.5 Å². The smallest absolute Gasteiger partial charge is 0.324 e. The first kappa shape index (κ1) is 21.5. The SMILES string of the molecule is CCON=Cc1ccc(OCCCCCN2CCN(c3ccncc3)C2=O)c(F)c1. The van der Waals surface area contributed by atoms with Crippen molar-refractivity contribution in [2.24, 2.45) is 5.16 Å². The van der Waals surface area contributed by atoms with E-state index < -0.39 is 5.82 Å². The Labute approximate surface area is 176 Å². The highest BCUT2D eigenvalue weighted by molar-refractivity contribution is 5.94. The number of carbonyl (C=O) groups is 1. The van der Waals surface area contributed by atoms with Crippen LogP contribution in [0.25, 0.3) is 0 Å². The lowest BCUT2D eigenvalue weighted by atomic mass is 10.2. The van der Waals surface area contributed by atoms with Crippen LogP contribution >= 0.6 is 0 Å². The van der Waals surface area contributed by atoms with E-state index in [-0.39, 0.29) is 11.8 Å². The zero-order valence-electron chi connectivity index (χ0n) is 17.2. The van der Waals surface area contributed by atoms with Gasteiger partial charge in [-0.1, -0.05) is 5.16 Å². The van der Waals surface area contributed by atoms with E-state index in [1.54, 1.807) is 29.4 Å². The zero-order chi connectivity index (χ0) is 21.2. The number of anilines is 1. The number of carbonyl (C=O) groups excluding carboxylic acids is 1. The number of unbranched alkanes of at least 4 members (excludes halogenated alkanes) is 2. The Kier molecular flexibility index (Phi) is 8.00. The monoisotopic (exact) mass is 414 g/mol. The van der Waals surface area contributed by atoms with Crippen LogP contribution < -0.4 is 9.64 Å². The van der Waals surface area contributed by atoms with E-state index in [0.29, 0.717) is 31.9 Å². The molecule has 1 fully saturated rings.